The molecule has 2 fully saturated rings. The fraction of sp³-hybridized carbons (Fsp3) is 0.552. The Bertz CT molecular complexity index is 1390. The van der Waals surface area contributed by atoms with Crippen LogP contribution in [0.5, 0.6) is 0 Å². The molecule has 4 atom stereocenters. The zero-order valence-electron chi connectivity index (χ0n) is 22.5. The summed E-state index contributed by atoms with van der Waals surface area (Å²) in [7, 11) is -1.36. The summed E-state index contributed by atoms with van der Waals surface area (Å²) >= 11 is 0. The van der Waals surface area contributed by atoms with Gasteiger partial charge in [-0.3, -0.25) is 9.69 Å². The van der Waals surface area contributed by atoms with Gasteiger partial charge in [-0.05, 0) is 80.5 Å². The molecule has 2 aromatic carbocycles. The van der Waals surface area contributed by atoms with Crippen LogP contribution >= 0.6 is 0 Å². The Morgan fingerprint density at radius 1 is 1.10 bits per heavy atom. The molecule has 0 radical (unpaired) electrons. The number of carbonyl (C=O) groups excluding carboxylic acids is 1. The molecule has 2 aliphatic heterocycles. The molecular weight excluding hydrogens is 551 g/mol. The van der Waals surface area contributed by atoms with Crippen LogP contribution in [0.4, 0.5) is 22.0 Å². The van der Waals surface area contributed by atoms with Gasteiger partial charge in [0, 0.05) is 24.0 Å². The number of aryl methyl sites for hydroxylation is 1. The molecule has 0 bridgehead atoms. The quantitative estimate of drug-likeness (QED) is 0.462. The number of hydrogen-bond acceptors (Lipinski definition) is 4. The molecule has 0 saturated carbocycles. The van der Waals surface area contributed by atoms with E-state index in [-0.39, 0.29) is 41.9 Å². The third-order valence-electron chi connectivity index (χ3n) is 9.19. The van der Waals surface area contributed by atoms with Gasteiger partial charge in [-0.15, -0.1) is 0 Å². The standard InChI is InChI=1S/C29H33F5N2O3S/c1-27(31,29(32,33)34)21-6-9-24-20(15-21)5-10-25-28(24,16-19-3-7-22(30)8-4-19)12-13-36(25)26(37)17-35(2)23-11-14-40(38,39)18-23/h3-4,6-9,15,23,25H,5,10-14,16-18H2,1-2H3/t23?,25-,27?,28-/m1/s1. The van der Waals surface area contributed by atoms with Crippen LogP contribution in [0.3, 0.4) is 0 Å². The first kappa shape index (κ1) is 29.0. The topological polar surface area (TPSA) is 57.7 Å². The number of halogens is 5. The minimum atomic E-state index is -5.06. The molecule has 218 valence electrons. The molecule has 11 heteroatoms. The lowest BCUT2D eigenvalue weighted by atomic mass is 9.63. The normalized spacial score (nSPS) is 27.4. The number of sulfone groups is 1. The highest BCUT2D eigenvalue weighted by molar-refractivity contribution is 7.91. The number of rotatable bonds is 6. The Hall–Kier alpha value is -2.53. The van der Waals surface area contributed by atoms with Gasteiger partial charge in [0.15, 0.2) is 9.84 Å². The van der Waals surface area contributed by atoms with E-state index in [9.17, 15) is 35.2 Å². The van der Waals surface area contributed by atoms with Gasteiger partial charge in [0.2, 0.25) is 11.6 Å². The average molecular weight is 585 g/mol. The van der Waals surface area contributed by atoms with Crippen molar-refractivity contribution >= 4 is 15.7 Å². The number of nitrogens with zero attached hydrogens (tertiary/aromatic N) is 2. The summed E-state index contributed by atoms with van der Waals surface area (Å²) in [6.45, 7) is 1.00. The highest BCUT2D eigenvalue weighted by atomic mass is 32.2. The van der Waals surface area contributed by atoms with E-state index in [2.05, 4.69) is 0 Å². The van der Waals surface area contributed by atoms with E-state index in [1.807, 2.05) is 4.90 Å². The summed E-state index contributed by atoms with van der Waals surface area (Å²) in [5.74, 6) is -0.392. The fourth-order valence-electron chi connectivity index (χ4n) is 6.84. The fourth-order valence-corrected chi connectivity index (χ4v) is 8.65. The van der Waals surface area contributed by atoms with Crippen molar-refractivity contribution in [2.75, 3.05) is 31.6 Å². The second-order valence-electron chi connectivity index (χ2n) is 11.7. The van der Waals surface area contributed by atoms with Crippen molar-refractivity contribution in [3.05, 3.63) is 70.5 Å². The van der Waals surface area contributed by atoms with E-state index in [4.69, 9.17) is 0 Å². The van der Waals surface area contributed by atoms with Crippen LogP contribution in [-0.2, 0) is 38.6 Å². The predicted molar refractivity (Wildman–Crippen MR) is 141 cm³/mol. The first-order valence-corrected chi connectivity index (χ1v) is 15.3. The highest BCUT2D eigenvalue weighted by Gasteiger charge is 2.55. The SMILES string of the molecule is CN(CC(=O)N1CC[C@@]2(Cc3ccc(F)cc3)c3ccc(C(C)(F)C(F)(F)F)cc3CC[C@@H]12)C1CCS(=O)(=O)C1. The van der Waals surface area contributed by atoms with Crippen molar-refractivity contribution in [3.8, 4) is 0 Å². The van der Waals surface area contributed by atoms with Gasteiger partial charge in [-0.25, -0.2) is 17.2 Å². The number of likely N-dealkylation sites (tertiary alicyclic amines) is 1. The first-order valence-electron chi connectivity index (χ1n) is 13.5. The van der Waals surface area contributed by atoms with Gasteiger partial charge in [-0.2, -0.15) is 13.2 Å². The molecule has 5 rings (SSSR count). The van der Waals surface area contributed by atoms with Gasteiger partial charge >= 0.3 is 6.18 Å². The molecule has 0 spiro atoms. The molecule has 3 aliphatic rings. The second-order valence-corrected chi connectivity index (χ2v) is 13.9. The van der Waals surface area contributed by atoms with Crippen molar-refractivity contribution < 1.29 is 35.2 Å². The maximum absolute atomic E-state index is 14.9. The number of likely N-dealkylation sites (N-methyl/N-ethyl adjacent to an activating group) is 1. The highest BCUT2D eigenvalue weighted by Crippen LogP contribution is 2.51. The molecule has 1 aliphatic carbocycles. The van der Waals surface area contributed by atoms with E-state index >= 15 is 0 Å². The van der Waals surface area contributed by atoms with Crippen molar-refractivity contribution in [2.45, 2.75) is 68.4 Å². The van der Waals surface area contributed by atoms with E-state index < -0.39 is 32.7 Å². The molecule has 2 saturated heterocycles. The monoisotopic (exact) mass is 584 g/mol. The smallest absolute Gasteiger partial charge is 0.338 e. The van der Waals surface area contributed by atoms with E-state index in [0.717, 1.165) is 11.1 Å². The summed E-state index contributed by atoms with van der Waals surface area (Å²) < 4.78 is 92.8. The molecule has 0 N–H and O–H groups in total. The van der Waals surface area contributed by atoms with Crippen LogP contribution in [0.2, 0.25) is 0 Å². The molecule has 5 nitrogen and oxygen atoms in total. The van der Waals surface area contributed by atoms with E-state index in [1.54, 1.807) is 30.1 Å². The summed E-state index contributed by atoms with van der Waals surface area (Å²) in [5.41, 5.74) is -2.34. The van der Waals surface area contributed by atoms with Crippen molar-refractivity contribution in [3.63, 3.8) is 0 Å². The molecule has 1 amide bonds. The summed E-state index contributed by atoms with van der Waals surface area (Å²) in [4.78, 5) is 17.2. The van der Waals surface area contributed by atoms with E-state index in [0.29, 0.717) is 51.1 Å². The van der Waals surface area contributed by atoms with E-state index in [1.165, 1.54) is 24.3 Å². The lowest BCUT2D eigenvalue weighted by Gasteiger charge is -2.44. The van der Waals surface area contributed by atoms with Crippen molar-refractivity contribution in [1.29, 1.82) is 0 Å². The summed E-state index contributed by atoms with van der Waals surface area (Å²) in [6, 6.07) is 9.65. The minimum absolute atomic E-state index is 0.0236. The average Bonchev–Trinajstić information content (AvgIpc) is 3.44. The Kier molecular flexibility index (Phi) is 7.30. The lowest BCUT2D eigenvalue weighted by Crippen LogP contribution is -2.51. The molecule has 2 aromatic rings. The molecule has 2 heterocycles. The molecular formula is C29H33F5N2O3S. The number of carbonyl (C=O) groups is 1. The molecule has 2 unspecified atom stereocenters. The Morgan fingerprint density at radius 2 is 1.80 bits per heavy atom. The van der Waals surface area contributed by atoms with Crippen LogP contribution in [0.25, 0.3) is 0 Å². The number of benzene rings is 2. The van der Waals surface area contributed by atoms with Crippen LogP contribution < -0.4 is 0 Å². The van der Waals surface area contributed by atoms with Crippen LogP contribution in [0.1, 0.15) is 48.4 Å². The number of hydrogen-bond donors (Lipinski definition) is 0. The number of amides is 1. The Morgan fingerprint density at radius 3 is 2.42 bits per heavy atom. The van der Waals surface area contributed by atoms with Crippen LogP contribution in [-0.4, -0.2) is 74.0 Å². The number of alkyl halides is 4. The van der Waals surface area contributed by atoms with Gasteiger partial charge in [0.1, 0.15) is 5.82 Å². The minimum Gasteiger partial charge on any atom is -0.338 e. The zero-order chi connectivity index (χ0) is 29.1. The van der Waals surface area contributed by atoms with Crippen LogP contribution in [0, 0.1) is 5.82 Å². The maximum Gasteiger partial charge on any atom is 0.426 e. The van der Waals surface area contributed by atoms with Gasteiger partial charge < -0.3 is 4.90 Å². The summed E-state index contributed by atoms with van der Waals surface area (Å²) in [5, 5.41) is 0. The van der Waals surface area contributed by atoms with Crippen LogP contribution in [0.15, 0.2) is 42.5 Å². The molecule has 40 heavy (non-hydrogen) atoms. The largest absolute Gasteiger partial charge is 0.426 e. The Labute approximate surface area is 231 Å². The Balaban J connectivity index is 1.47. The van der Waals surface area contributed by atoms with Gasteiger partial charge in [0.25, 0.3) is 0 Å². The van der Waals surface area contributed by atoms with Gasteiger partial charge in [0.05, 0.1) is 18.1 Å². The number of fused-ring (bicyclic) bond motifs is 3. The first-order chi connectivity index (χ1) is 18.6. The maximum atomic E-state index is 14.9. The molecule has 0 aromatic heterocycles. The summed E-state index contributed by atoms with van der Waals surface area (Å²) in [6.07, 6.45) is -2.73. The third-order valence-corrected chi connectivity index (χ3v) is 10.9. The van der Waals surface area contributed by atoms with Gasteiger partial charge in [-0.1, -0.05) is 30.3 Å². The second kappa shape index (κ2) is 10.1. The zero-order valence-corrected chi connectivity index (χ0v) is 23.3. The lowest BCUT2D eigenvalue weighted by molar-refractivity contribution is -0.228. The van der Waals surface area contributed by atoms with Crippen molar-refractivity contribution in [2.24, 2.45) is 0 Å². The van der Waals surface area contributed by atoms with Crippen molar-refractivity contribution in [1.82, 2.24) is 9.80 Å². The third kappa shape index (κ3) is 5.15. The predicted octanol–water partition coefficient (Wildman–Crippen LogP) is 4.72.